The summed E-state index contributed by atoms with van der Waals surface area (Å²) in [4.78, 5) is 4.72. The number of benzene rings is 2. The third-order valence-corrected chi connectivity index (χ3v) is 4.39. The van der Waals surface area contributed by atoms with Gasteiger partial charge in [0.05, 0.1) is 22.5 Å². The van der Waals surface area contributed by atoms with Gasteiger partial charge >= 0.3 is 0 Å². The van der Waals surface area contributed by atoms with E-state index in [1.54, 1.807) is 0 Å². The van der Waals surface area contributed by atoms with Gasteiger partial charge in [0, 0.05) is 4.47 Å². The molecule has 1 heterocycles. The molecule has 0 aliphatic heterocycles. The minimum atomic E-state index is -0.137. The molecule has 0 fully saturated rings. The van der Waals surface area contributed by atoms with Crippen LogP contribution in [0.25, 0.3) is 11.0 Å². The lowest BCUT2D eigenvalue weighted by Gasteiger charge is -2.19. The number of fused-ring (bicyclic) bond motifs is 1. The number of hydrogen-bond donors (Lipinski definition) is 0. The van der Waals surface area contributed by atoms with Crippen LogP contribution in [0.2, 0.25) is 0 Å². The molecule has 0 aliphatic rings. The Morgan fingerprint density at radius 1 is 1.10 bits per heavy atom. The highest BCUT2D eigenvalue weighted by molar-refractivity contribution is 9.10. The molecule has 0 amide bonds. The van der Waals surface area contributed by atoms with Crippen molar-refractivity contribution in [1.82, 2.24) is 9.55 Å². The molecule has 0 saturated carbocycles. The van der Waals surface area contributed by atoms with Crippen LogP contribution in [0.3, 0.4) is 0 Å². The van der Waals surface area contributed by atoms with Crippen LogP contribution in [0.4, 0.5) is 0 Å². The third kappa shape index (κ3) is 2.72. The number of hydrogen-bond acceptors (Lipinski definition) is 1. The molecule has 3 aromatic rings. The van der Waals surface area contributed by atoms with Crippen LogP contribution in [0.15, 0.2) is 53.0 Å². The summed E-state index contributed by atoms with van der Waals surface area (Å²) < 4.78 is 3.26. The monoisotopic (exact) mass is 362 g/mol. The summed E-state index contributed by atoms with van der Waals surface area (Å²) in [6.07, 6.45) is 0. The Morgan fingerprint density at radius 3 is 2.48 bits per heavy atom. The lowest BCUT2D eigenvalue weighted by atomic mass is 10.1. The van der Waals surface area contributed by atoms with Crippen molar-refractivity contribution in [1.29, 1.82) is 0 Å². The molecule has 3 rings (SSSR count). The van der Waals surface area contributed by atoms with Crippen molar-refractivity contribution in [2.75, 3.05) is 0 Å². The van der Waals surface area contributed by atoms with Gasteiger partial charge in [-0.1, -0.05) is 46.3 Å². The van der Waals surface area contributed by atoms with E-state index >= 15 is 0 Å². The van der Waals surface area contributed by atoms with Crippen molar-refractivity contribution >= 4 is 38.6 Å². The minimum absolute atomic E-state index is 0.137. The van der Waals surface area contributed by atoms with Gasteiger partial charge in [-0.3, -0.25) is 0 Å². The molecule has 2 aromatic carbocycles. The largest absolute Gasteiger partial charge is 0.319 e. The van der Waals surface area contributed by atoms with Gasteiger partial charge in [0.15, 0.2) is 0 Å². The van der Waals surface area contributed by atoms with Crippen molar-refractivity contribution in [3.8, 4) is 0 Å². The van der Waals surface area contributed by atoms with Gasteiger partial charge in [-0.05, 0) is 37.6 Å². The first-order valence-corrected chi connectivity index (χ1v) is 8.17. The van der Waals surface area contributed by atoms with Crippen molar-refractivity contribution in [3.05, 3.63) is 64.4 Å². The molecule has 4 heteroatoms. The van der Waals surface area contributed by atoms with E-state index in [-0.39, 0.29) is 11.4 Å². The summed E-state index contributed by atoms with van der Waals surface area (Å²) in [5.74, 6) is 0.904. The van der Waals surface area contributed by atoms with E-state index in [0.717, 1.165) is 21.3 Å². The zero-order valence-electron chi connectivity index (χ0n) is 11.9. The summed E-state index contributed by atoms with van der Waals surface area (Å²) in [5, 5.41) is -0.137. The van der Waals surface area contributed by atoms with Crippen LogP contribution in [0.1, 0.15) is 36.7 Å². The second-order valence-electron chi connectivity index (χ2n) is 5.18. The summed E-state index contributed by atoms with van der Waals surface area (Å²) in [6.45, 7) is 4.15. The highest BCUT2D eigenvalue weighted by Gasteiger charge is 2.20. The van der Waals surface area contributed by atoms with E-state index in [4.69, 9.17) is 16.6 Å². The van der Waals surface area contributed by atoms with Crippen molar-refractivity contribution in [2.45, 2.75) is 25.3 Å². The van der Waals surface area contributed by atoms with Gasteiger partial charge < -0.3 is 4.57 Å². The number of halogens is 2. The first-order chi connectivity index (χ1) is 10.1. The topological polar surface area (TPSA) is 17.8 Å². The maximum absolute atomic E-state index is 6.36. The molecule has 0 N–H and O–H groups in total. The van der Waals surface area contributed by atoms with Crippen LogP contribution in [0.5, 0.6) is 0 Å². The Labute approximate surface area is 137 Å². The third-order valence-electron chi connectivity index (χ3n) is 3.70. The Kier molecular flexibility index (Phi) is 4.05. The standard InChI is InChI=1S/C17H16BrClN2/c1-11(19)17-20-15-10-14(18)8-9-16(15)21(17)12(2)13-6-4-3-5-7-13/h3-12H,1-2H3. The zero-order valence-corrected chi connectivity index (χ0v) is 14.3. The smallest absolute Gasteiger partial charge is 0.128 e. The Morgan fingerprint density at radius 2 is 1.81 bits per heavy atom. The van der Waals surface area contributed by atoms with Gasteiger partial charge in [-0.2, -0.15) is 0 Å². The van der Waals surface area contributed by atoms with Crippen LogP contribution < -0.4 is 0 Å². The maximum atomic E-state index is 6.36. The second kappa shape index (κ2) is 5.82. The first-order valence-electron chi connectivity index (χ1n) is 6.94. The second-order valence-corrected chi connectivity index (χ2v) is 6.75. The lowest BCUT2D eigenvalue weighted by Crippen LogP contribution is -2.11. The number of nitrogens with zero attached hydrogens (tertiary/aromatic N) is 2. The molecule has 1 aromatic heterocycles. The summed E-state index contributed by atoms with van der Waals surface area (Å²) in [5.41, 5.74) is 3.32. The van der Waals surface area contributed by atoms with Gasteiger partial charge in [-0.25, -0.2) is 4.98 Å². The van der Waals surface area contributed by atoms with Gasteiger partial charge in [0.1, 0.15) is 5.82 Å². The average Bonchev–Trinajstić information content (AvgIpc) is 2.86. The molecule has 0 bridgehead atoms. The predicted molar refractivity (Wildman–Crippen MR) is 92.0 cm³/mol. The van der Waals surface area contributed by atoms with Crippen LogP contribution >= 0.6 is 27.5 Å². The fraction of sp³-hybridized carbons (Fsp3) is 0.235. The summed E-state index contributed by atoms with van der Waals surface area (Å²) >= 11 is 9.86. The van der Waals surface area contributed by atoms with E-state index in [1.807, 2.05) is 25.1 Å². The first kappa shape index (κ1) is 14.6. The molecule has 0 radical (unpaired) electrons. The number of imidazole rings is 1. The number of alkyl halides is 1. The Balaban J connectivity index is 2.22. The van der Waals surface area contributed by atoms with E-state index in [0.29, 0.717) is 0 Å². The molecule has 0 saturated heterocycles. The molecule has 2 nitrogen and oxygen atoms in total. The van der Waals surface area contributed by atoms with Crippen LogP contribution in [-0.2, 0) is 0 Å². The van der Waals surface area contributed by atoms with E-state index in [1.165, 1.54) is 5.56 Å². The highest BCUT2D eigenvalue weighted by Crippen LogP contribution is 2.32. The summed E-state index contributed by atoms with van der Waals surface area (Å²) in [7, 11) is 0. The van der Waals surface area contributed by atoms with Crippen molar-refractivity contribution in [3.63, 3.8) is 0 Å². The maximum Gasteiger partial charge on any atom is 0.128 e. The number of rotatable bonds is 3. The normalized spacial score (nSPS) is 14.3. The minimum Gasteiger partial charge on any atom is -0.319 e. The van der Waals surface area contributed by atoms with Crippen molar-refractivity contribution < 1.29 is 0 Å². The van der Waals surface area contributed by atoms with Crippen LogP contribution in [-0.4, -0.2) is 9.55 Å². The van der Waals surface area contributed by atoms with E-state index in [9.17, 15) is 0 Å². The fourth-order valence-corrected chi connectivity index (χ4v) is 3.16. The molecular weight excluding hydrogens is 348 g/mol. The van der Waals surface area contributed by atoms with E-state index in [2.05, 4.69) is 57.8 Å². The number of aromatic nitrogens is 2. The zero-order chi connectivity index (χ0) is 15.0. The van der Waals surface area contributed by atoms with Crippen molar-refractivity contribution in [2.24, 2.45) is 0 Å². The molecule has 21 heavy (non-hydrogen) atoms. The average molecular weight is 364 g/mol. The predicted octanol–water partition coefficient (Wildman–Crippen LogP) is 5.71. The quantitative estimate of drug-likeness (QED) is 0.545. The van der Waals surface area contributed by atoms with E-state index < -0.39 is 0 Å². The SMILES string of the molecule is CC(Cl)c1nc2cc(Br)ccc2n1C(C)c1ccccc1. The Hall–Kier alpha value is -1.32. The molecular formula is C17H16BrClN2. The summed E-state index contributed by atoms with van der Waals surface area (Å²) in [6, 6.07) is 16.8. The van der Waals surface area contributed by atoms with Crippen LogP contribution in [0, 0.1) is 0 Å². The molecule has 0 spiro atoms. The highest BCUT2D eigenvalue weighted by atomic mass is 79.9. The molecule has 2 unspecified atom stereocenters. The fourth-order valence-electron chi connectivity index (χ4n) is 2.66. The van der Waals surface area contributed by atoms with Gasteiger partial charge in [-0.15, -0.1) is 11.6 Å². The lowest BCUT2D eigenvalue weighted by molar-refractivity contribution is 0.618. The van der Waals surface area contributed by atoms with Gasteiger partial charge in [0.2, 0.25) is 0 Å². The molecule has 2 atom stereocenters. The molecule has 108 valence electrons. The Bertz CT molecular complexity index is 765. The van der Waals surface area contributed by atoms with Gasteiger partial charge in [0.25, 0.3) is 0 Å². The molecule has 0 aliphatic carbocycles.